The summed E-state index contributed by atoms with van der Waals surface area (Å²) in [7, 11) is 1.44. The third-order valence-electron chi connectivity index (χ3n) is 3.88. The predicted molar refractivity (Wildman–Crippen MR) is 104 cm³/mol. The van der Waals surface area contributed by atoms with Crippen LogP contribution >= 0.6 is 0 Å². The number of rotatable bonds is 6. The summed E-state index contributed by atoms with van der Waals surface area (Å²) in [6.45, 7) is 0. The Balaban J connectivity index is 1.89. The summed E-state index contributed by atoms with van der Waals surface area (Å²) in [4.78, 5) is 25.3. The topological polar surface area (TPSA) is 52.6 Å². The molecule has 0 radical (unpaired) electrons. The Morgan fingerprint density at radius 3 is 2.04 bits per heavy atom. The highest BCUT2D eigenvalue weighted by molar-refractivity contribution is 6.12. The van der Waals surface area contributed by atoms with Gasteiger partial charge < -0.3 is 9.47 Å². The molecule has 0 aliphatic carbocycles. The molecule has 3 aromatic carbocycles. The highest BCUT2D eigenvalue weighted by atomic mass is 16.5. The maximum Gasteiger partial charge on any atom is 0.343 e. The lowest BCUT2D eigenvalue weighted by Gasteiger charge is -2.11. The molecule has 0 saturated carbocycles. The number of ether oxygens (including phenoxy) is 2. The number of methoxy groups -OCH3 is 1. The molecule has 0 heterocycles. The van der Waals surface area contributed by atoms with Gasteiger partial charge in [0.15, 0.2) is 5.76 Å². The summed E-state index contributed by atoms with van der Waals surface area (Å²) in [6, 6.07) is 24.6. The lowest BCUT2D eigenvalue weighted by molar-refractivity contribution is 0.0732. The number of hydrogen-bond donors (Lipinski definition) is 0. The van der Waals surface area contributed by atoms with Gasteiger partial charge in [-0.25, -0.2) is 4.79 Å². The Morgan fingerprint density at radius 1 is 0.778 bits per heavy atom. The average Bonchev–Trinajstić information content (AvgIpc) is 2.73. The maximum atomic E-state index is 12.9. The second kappa shape index (κ2) is 8.63. The van der Waals surface area contributed by atoms with Crippen LogP contribution in [0.15, 0.2) is 90.7 Å². The molecule has 0 unspecified atom stereocenters. The van der Waals surface area contributed by atoms with E-state index >= 15 is 0 Å². The van der Waals surface area contributed by atoms with Gasteiger partial charge in [-0.3, -0.25) is 4.79 Å². The number of carbonyl (C=O) groups excluding carboxylic acids is 2. The largest absolute Gasteiger partial charge is 0.493 e. The van der Waals surface area contributed by atoms with Crippen LogP contribution in [0.5, 0.6) is 5.75 Å². The minimum Gasteiger partial charge on any atom is -0.493 e. The SMILES string of the molecule is COC(=Cc1ccccc1)C(=O)c1ccccc1OC(=O)c1ccccc1. The van der Waals surface area contributed by atoms with Crippen LogP contribution in [-0.2, 0) is 4.74 Å². The Hall–Kier alpha value is -3.66. The number of Topliss-reactive ketones (excluding diaryl/α,β-unsaturated/α-hetero) is 1. The van der Waals surface area contributed by atoms with Crippen molar-refractivity contribution in [3.63, 3.8) is 0 Å². The van der Waals surface area contributed by atoms with E-state index in [1.54, 1.807) is 54.6 Å². The van der Waals surface area contributed by atoms with Crippen LogP contribution in [-0.4, -0.2) is 18.9 Å². The number of carbonyl (C=O) groups is 2. The zero-order chi connectivity index (χ0) is 19.1. The molecular weight excluding hydrogens is 340 g/mol. The summed E-state index contributed by atoms with van der Waals surface area (Å²) < 4.78 is 10.7. The third-order valence-corrected chi connectivity index (χ3v) is 3.88. The van der Waals surface area contributed by atoms with Crippen LogP contribution in [0.2, 0.25) is 0 Å². The molecule has 0 aliphatic rings. The van der Waals surface area contributed by atoms with Gasteiger partial charge in [0, 0.05) is 0 Å². The maximum absolute atomic E-state index is 12.9. The molecule has 3 aromatic rings. The van der Waals surface area contributed by atoms with Crippen molar-refractivity contribution in [2.75, 3.05) is 7.11 Å². The highest BCUT2D eigenvalue weighted by Gasteiger charge is 2.20. The van der Waals surface area contributed by atoms with Gasteiger partial charge in [-0.05, 0) is 35.9 Å². The van der Waals surface area contributed by atoms with Gasteiger partial charge in [0.2, 0.25) is 5.78 Å². The number of para-hydroxylation sites is 1. The number of esters is 1. The van der Waals surface area contributed by atoms with E-state index in [-0.39, 0.29) is 22.9 Å². The quantitative estimate of drug-likeness (QED) is 0.209. The Kier molecular flexibility index (Phi) is 5.80. The van der Waals surface area contributed by atoms with Crippen LogP contribution in [0.4, 0.5) is 0 Å². The molecular formula is C23H18O4. The molecule has 0 fully saturated rings. The lowest BCUT2D eigenvalue weighted by atomic mass is 10.1. The minimum absolute atomic E-state index is 0.157. The van der Waals surface area contributed by atoms with Crippen molar-refractivity contribution in [3.05, 3.63) is 107 Å². The number of hydrogen-bond acceptors (Lipinski definition) is 4. The molecule has 0 N–H and O–H groups in total. The van der Waals surface area contributed by atoms with Gasteiger partial charge in [-0.15, -0.1) is 0 Å². The molecule has 0 bridgehead atoms. The first-order valence-electron chi connectivity index (χ1n) is 8.40. The molecule has 4 nitrogen and oxygen atoms in total. The standard InChI is InChI=1S/C23H18O4/c1-26-21(16-17-10-4-2-5-11-17)22(24)19-14-8-9-15-20(19)27-23(25)18-12-6-3-7-13-18/h2-16H,1H3. The first-order valence-corrected chi connectivity index (χ1v) is 8.40. The van der Waals surface area contributed by atoms with Crippen molar-refractivity contribution in [1.82, 2.24) is 0 Å². The fraction of sp³-hybridized carbons (Fsp3) is 0.0435. The van der Waals surface area contributed by atoms with E-state index in [2.05, 4.69) is 0 Å². The first-order chi connectivity index (χ1) is 13.2. The molecule has 27 heavy (non-hydrogen) atoms. The van der Waals surface area contributed by atoms with Gasteiger partial charge >= 0.3 is 5.97 Å². The van der Waals surface area contributed by atoms with Crippen molar-refractivity contribution in [1.29, 1.82) is 0 Å². The van der Waals surface area contributed by atoms with E-state index < -0.39 is 5.97 Å². The Bertz CT molecular complexity index is 960. The highest BCUT2D eigenvalue weighted by Crippen LogP contribution is 2.24. The van der Waals surface area contributed by atoms with Crippen molar-refractivity contribution < 1.29 is 19.1 Å². The fourth-order valence-corrected chi connectivity index (χ4v) is 2.53. The van der Waals surface area contributed by atoms with Crippen molar-refractivity contribution >= 4 is 17.8 Å². The monoisotopic (exact) mass is 358 g/mol. The van der Waals surface area contributed by atoms with Crippen LogP contribution in [0.1, 0.15) is 26.3 Å². The second-order valence-corrected chi connectivity index (χ2v) is 5.70. The van der Waals surface area contributed by atoms with Gasteiger partial charge in [-0.2, -0.15) is 0 Å². The predicted octanol–water partition coefficient (Wildman–Crippen LogP) is 4.78. The van der Waals surface area contributed by atoms with Crippen molar-refractivity contribution in [2.24, 2.45) is 0 Å². The smallest absolute Gasteiger partial charge is 0.343 e. The summed E-state index contributed by atoms with van der Waals surface area (Å²) in [6.07, 6.45) is 1.65. The normalized spacial score (nSPS) is 10.9. The van der Waals surface area contributed by atoms with E-state index in [9.17, 15) is 9.59 Å². The Labute approximate surface area is 157 Å². The van der Waals surface area contributed by atoms with Crippen molar-refractivity contribution in [3.8, 4) is 5.75 Å². The van der Waals surface area contributed by atoms with Gasteiger partial charge in [-0.1, -0.05) is 60.7 Å². The molecule has 0 aliphatic heterocycles. The number of allylic oxidation sites excluding steroid dienone is 1. The van der Waals surface area contributed by atoms with Crippen molar-refractivity contribution in [2.45, 2.75) is 0 Å². The van der Waals surface area contributed by atoms with E-state index in [1.165, 1.54) is 7.11 Å². The van der Waals surface area contributed by atoms with E-state index in [0.29, 0.717) is 5.56 Å². The van der Waals surface area contributed by atoms with E-state index in [0.717, 1.165) is 5.56 Å². The number of benzene rings is 3. The molecule has 0 aromatic heterocycles. The Morgan fingerprint density at radius 2 is 1.37 bits per heavy atom. The molecule has 4 heteroatoms. The molecule has 0 saturated heterocycles. The summed E-state index contributed by atoms with van der Waals surface area (Å²) in [5.41, 5.74) is 1.50. The van der Waals surface area contributed by atoms with Crippen LogP contribution in [0.3, 0.4) is 0 Å². The molecule has 0 amide bonds. The third kappa shape index (κ3) is 4.50. The zero-order valence-electron chi connectivity index (χ0n) is 14.8. The summed E-state index contributed by atoms with van der Waals surface area (Å²) in [5.74, 6) is -0.545. The van der Waals surface area contributed by atoms with Gasteiger partial charge in [0.05, 0.1) is 18.2 Å². The van der Waals surface area contributed by atoms with Crippen LogP contribution in [0, 0.1) is 0 Å². The molecule has 0 atom stereocenters. The molecule has 134 valence electrons. The zero-order valence-corrected chi connectivity index (χ0v) is 14.8. The fourth-order valence-electron chi connectivity index (χ4n) is 2.53. The first kappa shape index (κ1) is 18.1. The second-order valence-electron chi connectivity index (χ2n) is 5.70. The summed E-state index contributed by atoms with van der Waals surface area (Å²) in [5, 5.41) is 0. The van der Waals surface area contributed by atoms with E-state index in [1.807, 2.05) is 36.4 Å². The van der Waals surface area contributed by atoms with Gasteiger partial charge in [0.1, 0.15) is 5.75 Å². The minimum atomic E-state index is -0.526. The lowest BCUT2D eigenvalue weighted by Crippen LogP contribution is -2.13. The summed E-state index contributed by atoms with van der Waals surface area (Å²) >= 11 is 0. The molecule has 0 spiro atoms. The van der Waals surface area contributed by atoms with Gasteiger partial charge in [0.25, 0.3) is 0 Å². The molecule has 3 rings (SSSR count). The average molecular weight is 358 g/mol. The van der Waals surface area contributed by atoms with Crippen LogP contribution in [0.25, 0.3) is 6.08 Å². The number of ketones is 1. The van der Waals surface area contributed by atoms with Crippen LogP contribution < -0.4 is 4.74 Å². The van der Waals surface area contributed by atoms with E-state index in [4.69, 9.17) is 9.47 Å².